The Morgan fingerprint density at radius 1 is 0.737 bits per heavy atom. The predicted molar refractivity (Wildman–Crippen MR) is 82.9 cm³/mol. The fourth-order valence-electron chi connectivity index (χ4n) is 1.52. The summed E-state index contributed by atoms with van der Waals surface area (Å²) >= 11 is 0. The molecule has 2 rings (SSSR count). The van der Waals surface area contributed by atoms with Crippen molar-refractivity contribution in [2.75, 3.05) is 0 Å². The molecule has 0 radical (unpaired) electrons. The number of rotatable bonds is 5. The zero-order chi connectivity index (χ0) is 13.2. The zero-order valence-electron chi connectivity index (χ0n) is 10.7. The Morgan fingerprint density at radius 2 is 1.32 bits per heavy atom. The Kier molecular flexibility index (Phi) is 5.30. The van der Waals surface area contributed by atoms with Gasteiger partial charge in [-0.25, -0.2) is 0 Å². The maximum Gasteiger partial charge on any atom is 0.0629 e. The molecular formula is C17H16N2. The molecule has 0 unspecified atom stereocenters. The summed E-state index contributed by atoms with van der Waals surface area (Å²) in [4.78, 5) is 8.65. The summed E-state index contributed by atoms with van der Waals surface area (Å²) in [6.45, 7) is 0. The number of hydrogen-bond acceptors (Lipinski definition) is 2. The van der Waals surface area contributed by atoms with Gasteiger partial charge in [0.25, 0.3) is 0 Å². The molecule has 2 heteroatoms. The smallest absolute Gasteiger partial charge is 0.0629 e. The van der Waals surface area contributed by atoms with E-state index in [1.54, 1.807) is 6.21 Å². The van der Waals surface area contributed by atoms with E-state index in [4.69, 9.17) is 0 Å². The molecule has 0 saturated heterocycles. The van der Waals surface area contributed by atoms with Gasteiger partial charge in [0.15, 0.2) is 0 Å². The highest BCUT2D eigenvalue weighted by Gasteiger charge is 1.82. The second kappa shape index (κ2) is 7.77. The highest BCUT2D eigenvalue weighted by molar-refractivity contribution is 5.75. The third kappa shape index (κ3) is 5.13. The van der Waals surface area contributed by atoms with Crippen LogP contribution in [0.3, 0.4) is 0 Å². The number of nitrogens with zero attached hydrogens (tertiary/aromatic N) is 2. The van der Waals surface area contributed by atoms with E-state index in [0.717, 1.165) is 17.8 Å². The van der Waals surface area contributed by atoms with Crippen molar-refractivity contribution in [2.45, 2.75) is 6.42 Å². The first-order valence-electron chi connectivity index (χ1n) is 6.27. The molecule has 0 heterocycles. The third-order valence-corrected chi connectivity index (χ3v) is 2.44. The van der Waals surface area contributed by atoms with Crippen molar-refractivity contribution in [3.05, 3.63) is 72.8 Å². The van der Waals surface area contributed by atoms with Gasteiger partial charge in [-0.05, 0) is 30.3 Å². The Morgan fingerprint density at radius 3 is 1.95 bits per heavy atom. The van der Waals surface area contributed by atoms with Gasteiger partial charge in [0.05, 0.1) is 11.4 Å². The summed E-state index contributed by atoms with van der Waals surface area (Å²) in [5, 5.41) is 0. The number of benzene rings is 2. The molecule has 0 saturated carbocycles. The largest absolute Gasteiger partial charge is 0.261 e. The first-order chi connectivity index (χ1) is 9.45. The van der Waals surface area contributed by atoms with Crippen molar-refractivity contribution in [3.8, 4) is 0 Å². The lowest BCUT2D eigenvalue weighted by molar-refractivity contribution is 1.46. The van der Waals surface area contributed by atoms with Crippen LogP contribution in [0.4, 0.5) is 11.4 Å². The van der Waals surface area contributed by atoms with Crippen molar-refractivity contribution >= 4 is 23.8 Å². The lowest BCUT2D eigenvalue weighted by Crippen LogP contribution is -1.71. The molecule has 0 spiro atoms. The van der Waals surface area contributed by atoms with Gasteiger partial charge in [0.1, 0.15) is 0 Å². The third-order valence-electron chi connectivity index (χ3n) is 2.44. The van der Waals surface area contributed by atoms with E-state index in [1.807, 2.05) is 79.0 Å². The molecule has 0 aromatic heterocycles. The number of para-hydroxylation sites is 2. The van der Waals surface area contributed by atoms with Gasteiger partial charge in [0, 0.05) is 18.9 Å². The lowest BCUT2D eigenvalue weighted by atomic mass is 10.3. The van der Waals surface area contributed by atoms with Crippen molar-refractivity contribution in [1.82, 2.24) is 0 Å². The monoisotopic (exact) mass is 248 g/mol. The van der Waals surface area contributed by atoms with E-state index < -0.39 is 0 Å². The zero-order valence-corrected chi connectivity index (χ0v) is 10.7. The van der Waals surface area contributed by atoms with Gasteiger partial charge < -0.3 is 0 Å². The fraction of sp³-hybridized carbons (Fsp3) is 0.0588. The second-order valence-electron chi connectivity index (χ2n) is 3.92. The number of aliphatic imine (C=N–C) groups is 2. The van der Waals surface area contributed by atoms with Crippen LogP contribution >= 0.6 is 0 Å². The van der Waals surface area contributed by atoms with Crippen LogP contribution in [0, 0.1) is 0 Å². The average molecular weight is 248 g/mol. The molecule has 0 amide bonds. The van der Waals surface area contributed by atoms with E-state index in [0.29, 0.717) is 0 Å². The fourth-order valence-corrected chi connectivity index (χ4v) is 1.52. The minimum atomic E-state index is 0.801. The topological polar surface area (TPSA) is 24.7 Å². The summed E-state index contributed by atoms with van der Waals surface area (Å²) in [5.41, 5.74) is 1.94. The van der Waals surface area contributed by atoms with Gasteiger partial charge >= 0.3 is 0 Å². The van der Waals surface area contributed by atoms with Gasteiger partial charge in [-0.3, -0.25) is 9.98 Å². The predicted octanol–water partition coefficient (Wildman–Crippen LogP) is 4.74. The van der Waals surface area contributed by atoms with Crippen LogP contribution in [0.2, 0.25) is 0 Å². The summed E-state index contributed by atoms with van der Waals surface area (Å²) < 4.78 is 0. The molecule has 0 aliphatic rings. The standard InChI is InChI=1S/C17H16N2/c1-4-10-16(11-5-1)18-14-8-3-9-15-19-17-12-6-2-7-13-17/h1-8,10-15H,9H2/b8-3-,18-14?,19-15?. The summed E-state index contributed by atoms with van der Waals surface area (Å²) in [6, 6.07) is 19.8. The second-order valence-corrected chi connectivity index (χ2v) is 3.92. The molecule has 0 N–H and O–H groups in total. The van der Waals surface area contributed by atoms with Crippen molar-refractivity contribution in [2.24, 2.45) is 9.98 Å². The summed E-state index contributed by atoms with van der Waals surface area (Å²) in [6.07, 6.45) is 8.45. The molecular weight excluding hydrogens is 232 g/mol. The molecule has 19 heavy (non-hydrogen) atoms. The van der Waals surface area contributed by atoms with Crippen LogP contribution in [-0.2, 0) is 0 Å². The van der Waals surface area contributed by atoms with Gasteiger partial charge in [-0.1, -0.05) is 42.5 Å². The molecule has 0 aliphatic heterocycles. The van der Waals surface area contributed by atoms with Crippen molar-refractivity contribution < 1.29 is 0 Å². The number of allylic oxidation sites excluding steroid dienone is 2. The minimum Gasteiger partial charge on any atom is -0.261 e. The molecule has 2 aromatic rings. The first kappa shape index (κ1) is 13.0. The molecule has 0 bridgehead atoms. The maximum absolute atomic E-state index is 4.34. The maximum atomic E-state index is 4.34. The Balaban J connectivity index is 1.75. The van der Waals surface area contributed by atoms with Crippen LogP contribution in [0.5, 0.6) is 0 Å². The van der Waals surface area contributed by atoms with Crippen LogP contribution < -0.4 is 0 Å². The molecule has 2 aromatic carbocycles. The van der Waals surface area contributed by atoms with E-state index >= 15 is 0 Å². The van der Waals surface area contributed by atoms with Crippen LogP contribution in [0.1, 0.15) is 6.42 Å². The Labute approximate surface area is 113 Å². The highest BCUT2D eigenvalue weighted by atomic mass is 14.7. The highest BCUT2D eigenvalue weighted by Crippen LogP contribution is 2.09. The quantitative estimate of drug-likeness (QED) is 0.683. The van der Waals surface area contributed by atoms with Crippen LogP contribution in [-0.4, -0.2) is 12.4 Å². The molecule has 0 aliphatic carbocycles. The van der Waals surface area contributed by atoms with Crippen LogP contribution in [0.15, 0.2) is 82.8 Å². The SMILES string of the molecule is C(/C=C\CC=Nc1ccccc1)=Nc1ccccc1. The minimum absolute atomic E-state index is 0.801. The van der Waals surface area contributed by atoms with E-state index in [1.165, 1.54) is 0 Å². The van der Waals surface area contributed by atoms with E-state index in [-0.39, 0.29) is 0 Å². The normalized spacial score (nSPS) is 11.8. The van der Waals surface area contributed by atoms with Crippen molar-refractivity contribution in [1.29, 1.82) is 0 Å². The van der Waals surface area contributed by atoms with E-state index in [9.17, 15) is 0 Å². The summed E-state index contributed by atoms with van der Waals surface area (Å²) in [7, 11) is 0. The van der Waals surface area contributed by atoms with Gasteiger partial charge in [-0.2, -0.15) is 0 Å². The van der Waals surface area contributed by atoms with E-state index in [2.05, 4.69) is 9.98 Å². The molecule has 2 nitrogen and oxygen atoms in total. The molecule has 0 atom stereocenters. The summed E-state index contributed by atoms with van der Waals surface area (Å²) in [5.74, 6) is 0. The Bertz CT molecular complexity index is 554. The Hall–Kier alpha value is -2.48. The van der Waals surface area contributed by atoms with Crippen molar-refractivity contribution in [3.63, 3.8) is 0 Å². The molecule has 94 valence electrons. The van der Waals surface area contributed by atoms with Gasteiger partial charge in [0.2, 0.25) is 0 Å². The lowest BCUT2D eigenvalue weighted by Gasteiger charge is -1.89. The number of hydrogen-bond donors (Lipinski definition) is 0. The van der Waals surface area contributed by atoms with Gasteiger partial charge in [-0.15, -0.1) is 0 Å². The molecule has 0 fully saturated rings. The average Bonchev–Trinajstić information content (AvgIpc) is 2.48. The van der Waals surface area contributed by atoms with Crippen LogP contribution in [0.25, 0.3) is 0 Å². The first-order valence-corrected chi connectivity index (χ1v) is 6.27.